The molecule has 0 bridgehead atoms. The van der Waals surface area contributed by atoms with E-state index in [9.17, 15) is 9.18 Å². The number of rotatable bonds is 7. The second-order valence-corrected chi connectivity index (χ2v) is 6.75. The van der Waals surface area contributed by atoms with Crippen LogP contribution in [0.3, 0.4) is 0 Å². The summed E-state index contributed by atoms with van der Waals surface area (Å²) in [5, 5.41) is 7.29. The minimum absolute atomic E-state index is 0.107. The van der Waals surface area contributed by atoms with Crippen molar-refractivity contribution in [3.63, 3.8) is 0 Å². The van der Waals surface area contributed by atoms with Crippen molar-refractivity contribution in [1.82, 2.24) is 15.1 Å². The Kier molecular flexibility index (Phi) is 6.44. The van der Waals surface area contributed by atoms with Crippen LogP contribution in [0.5, 0.6) is 5.75 Å². The predicted octanol–water partition coefficient (Wildman–Crippen LogP) is 4.13. The van der Waals surface area contributed by atoms with Crippen molar-refractivity contribution in [2.75, 3.05) is 6.61 Å². The van der Waals surface area contributed by atoms with Gasteiger partial charge in [0.1, 0.15) is 6.61 Å². The Hall–Kier alpha value is -3.41. The number of carbonyl (C=O) groups excluding carboxylic acids is 1. The maximum Gasteiger partial charge on any atom is 0.244 e. The van der Waals surface area contributed by atoms with Gasteiger partial charge in [-0.25, -0.2) is 4.39 Å². The third-order valence-corrected chi connectivity index (χ3v) is 4.73. The Bertz CT molecular complexity index is 1010. The molecule has 5 nitrogen and oxygen atoms in total. The summed E-state index contributed by atoms with van der Waals surface area (Å²) >= 11 is 0. The minimum Gasteiger partial charge on any atom is -0.488 e. The SMILES string of the molecule is Cc1nn(C)c(C)c1/C=C/C(=O)NC(COc1ccccc1F)c1ccccc1. The number of amides is 1. The molecule has 0 aliphatic carbocycles. The summed E-state index contributed by atoms with van der Waals surface area (Å²) in [7, 11) is 1.87. The standard InChI is InChI=1S/C23H24FN3O2/c1-16-19(17(2)27(3)26-16)13-14-23(28)25-21(18-9-5-4-6-10-18)15-29-22-12-8-7-11-20(22)24/h4-14,21H,15H2,1-3H3,(H,25,28)/b14-13+. The highest BCUT2D eigenvalue weighted by Crippen LogP contribution is 2.20. The van der Waals surface area contributed by atoms with Crippen molar-refractivity contribution in [1.29, 1.82) is 0 Å². The fourth-order valence-electron chi connectivity index (χ4n) is 3.05. The molecule has 0 aliphatic rings. The number of carbonyl (C=O) groups is 1. The van der Waals surface area contributed by atoms with Gasteiger partial charge in [-0.05, 0) is 37.6 Å². The summed E-state index contributed by atoms with van der Waals surface area (Å²) in [5.74, 6) is -0.550. The van der Waals surface area contributed by atoms with Crippen LogP contribution >= 0.6 is 0 Å². The summed E-state index contributed by atoms with van der Waals surface area (Å²) in [4.78, 5) is 12.6. The molecule has 2 aromatic carbocycles. The van der Waals surface area contributed by atoms with Gasteiger partial charge in [0.25, 0.3) is 0 Å². The zero-order valence-electron chi connectivity index (χ0n) is 16.7. The quantitative estimate of drug-likeness (QED) is 0.614. The van der Waals surface area contributed by atoms with Gasteiger partial charge in [0, 0.05) is 24.4 Å². The molecular formula is C23H24FN3O2. The molecule has 0 saturated carbocycles. The predicted molar refractivity (Wildman–Crippen MR) is 111 cm³/mol. The van der Waals surface area contributed by atoms with E-state index < -0.39 is 11.9 Å². The Balaban J connectivity index is 1.73. The summed E-state index contributed by atoms with van der Waals surface area (Å²) in [6.45, 7) is 3.96. The van der Waals surface area contributed by atoms with Gasteiger partial charge >= 0.3 is 0 Å². The summed E-state index contributed by atoms with van der Waals surface area (Å²) in [5.41, 5.74) is 3.63. The highest BCUT2D eigenvalue weighted by Gasteiger charge is 2.16. The van der Waals surface area contributed by atoms with Crippen LogP contribution in [0.15, 0.2) is 60.7 Å². The van der Waals surface area contributed by atoms with E-state index in [1.165, 1.54) is 12.1 Å². The molecule has 1 heterocycles. The van der Waals surface area contributed by atoms with Crippen molar-refractivity contribution in [3.05, 3.63) is 89.0 Å². The number of ether oxygens (including phenoxy) is 1. The van der Waals surface area contributed by atoms with E-state index >= 15 is 0 Å². The first-order chi connectivity index (χ1) is 14.0. The van der Waals surface area contributed by atoms with Crippen LogP contribution in [-0.2, 0) is 11.8 Å². The number of aryl methyl sites for hydroxylation is 2. The average molecular weight is 393 g/mol. The van der Waals surface area contributed by atoms with Crippen molar-refractivity contribution in [2.24, 2.45) is 7.05 Å². The molecular weight excluding hydrogens is 369 g/mol. The first-order valence-electron chi connectivity index (χ1n) is 9.36. The molecule has 150 valence electrons. The van der Waals surface area contributed by atoms with Crippen LogP contribution in [0, 0.1) is 19.7 Å². The van der Waals surface area contributed by atoms with Crippen molar-refractivity contribution in [3.8, 4) is 5.75 Å². The molecule has 0 aliphatic heterocycles. The molecule has 1 aromatic heterocycles. The molecule has 0 saturated heterocycles. The van der Waals surface area contributed by atoms with E-state index in [0.717, 1.165) is 22.5 Å². The summed E-state index contributed by atoms with van der Waals surface area (Å²) in [6, 6.07) is 15.2. The molecule has 1 unspecified atom stereocenters. The Morgan fingerprint density at radius 2 is 1.86 bits per heavy atom. The van der Waals surface area contributed by atoms with Crippen molar-refractivity contribution in [2.45, 2.75) is 19.9 Å². The van der Waals surface area contributed by atoms with E-state index in [1.54, 1.807) is 29.0 Å². The molecule has 29 heavy (non-hydrogen) atoms. The maximum absolute atomic E-state index is 13.9. The van der Waals surface area contributed by atoms with Gasteiger partial charge in [0.2, 0.25) is 5.91 Å². The van der Waals surface area contributed by atoms with E-state index in [2.05, 4.69) is 10.4 Å². The Labute approximate surface area is 169 Å². The normalized spacial score (nSPS) is 12.1. The molecule has 6 heteroatoms. The van der Waals surface area contributed by atoms with E-state index in [0.29, 0.717) is 0 Å². The van der Waals surface area contributed by atoms with Crippen molar-refractivity contribution < 1.29 is 13.9 Å². The van der Waals surface area contributed by atoms with Gasteiger partial charge in [0.05, 0.1) is 11.7 Å². The molecule has 3 rings (SSSR count). The lowest BCUT2D eigenvalue weighted by molar-refractivity contribution is -0.117. The third kappa shape index (κ3) is 5.10. The second-order valence-electron chi connectivity index (χ2n) is 6.75. The molecule has 0 spiro atoms. The number of hydrogen-bond donors (Lipinski definition) is 1. The number of aromatic nitrogens is 2. The Morgan fingerprint density at radius 3 is 2.52 bits per heavy atom. The number of para-hydroxylation sites is 1. The van der Waals surface area contributed by atoms with Gasteiger partial charge in [0.15, 0.2) is 11.6 Å². The van der Waals surface area contributed by atoms with Gasteiger partial charge in [-0.3, -0.25) is 9.48 Å². The number of nitrogens with zero attached hydrogens (tertiary/aromatic N) is 2. The summed E-state index contributed by atoms with van der Waals surface area (Å²) in [6.07, 6.45) is 3.24. The number of hydrogen-bond acceptors (Lipinski definition) is 3. The second kappa shape index (κ2) is 9.19. The van der Waals surface area contributed by atoms with Gasteiger partial charge in [-0.1, -0.05) is 42.5 Å². The average Bonchev–Trinajstić information content (AvgIpc) is 2.96. The van der Waals surface area contributed by atoms with Crippen LogP contribution in [0.2, 0.25) is 0 Å². The van der Waals surface area contributed by atoms with E-state index in [1.807, 2.05) is 51.2 Å². The lowest BCUT2D eigenvalue weighted by Gasteiger charge is -2.19. The van der Waals surface area contributed by atoms with Gasteiger partial charge < -0.3 is 10.1 Å². The molecule has 1 atom stereocenters. The minimum atomic E-state index is -0.437. The van der Waals surface area contributed by atoms with Crippen LogP contribution in [0.25, 0.3) is 6.08 Å². The van der Waals surface area contributed by atoms with E-state index in [-0.39, 0.29) is 18.3 Å². The molecule has 0 fully saturated rings. The van der Waals surface area contributed by atoms with Gasteiger partial charge in [-0.2, -0.15) is 5.10 Å². The zero-order chi connectivity index (χ0) is 20.8. The maximum atomic E-state index is 13.9. The van der Waals surface area contributed by atoms with Crippen LogP contribution in [-0.4, -0.2) is 22.3 Å². The molecule has 0 radical (unpaired) electrons. The molecule has 1 amide bonds. The molecule has 1 N–H and O–H groups in total. The van der Waals surface area contributed by atoms with Crippen LogP contribution in [0.1, 0.15) is 28.6 Å². The lowest BCUT2D eigenvalue weighted by Crippen LogP contribution is -2.31. The molecule has 3 aromatic rings. The number of nitrogens with one attached hydrogen (secondary N) is 1. The van der Waals surface area contributed by atoms with E-state index in [4.69, 9.17) is 4.74 Å². The third-order valence-electron chi connectivity index (χ3n) is 4.73. The topological polar surface area (TPSA) is 56.2 Å². The first kappa shape index (κ1) is 20.3. The monoisotopic (exact) mass is 393 g/mol. The highest BCUT2D eigenvalue weighted by molar-refractivity contribution is 5.92. The summed E-state index contributed by atoms with van der Waals surface area (Å²) < 4.78 is 21.3. The highest BCUT2D eigenvalue weighted by atomic mass is 19.1. The largest absolute Gasteiger partial charge is 0.488 e. The lowest BCUT2D eigenvalue weighted by atomic mass is 10.1. The fraction of sp³-hybridized carbons (Fsp3) is 0.217. The number of benzene rings is 2. The smallest absolute Gasteiger partial charge is 0.244 e. The van der Waals surface area contributed by atoms with Crippen LogP contribution in [0.4, 0.5) is 4.39 Å². The zero-order valence-corrected chi connectivity index (χ0v) is 16.7. The Morgan fingerprint density at radius 1 is 1.17 bits per heavy atom. The fourth-order valence-corrected chi connectivity index (χ4v) is 3.05. The van der Waals surface area contributed by atoms with Crippen LogP contribution < -0.4 is 10.1 Å². The number of halogens is 1. The van der Waals surface area contributed by atoms with Crippen molar-refractivity contribution >= 4 is 12.0 Å². The van der Waals surface area contributed by atoms with Gasteiger partial charge in [-0.15, -0.1) is 0 Å². The first-order valence-corrected chi connectivity index (χ1v) is 9.36.